The molecule has 5 nitrogen and oxygen atoms in total. The number of ether oxygens (including phenoxy) is 1. The molecule has 0 aromatic heterocycles. The molecule has 0 aromatic carbocycles. The third-order valence-electron chi connectivity index (χ3n) is 0.554. The van der Waals surface area contributed by atoms with Gasteiger partial charge in [0.05, 0.1) is 6.61 Å². The molecule has 1 N–H and O–H groups in total. The molecule has 0 rings (SSSR count). The van der Waals surface area contributed by atoms with E-state index >= 15 is 0 Å². The maximum absolute atomic E-state index is 10.3. The lowest BCUT2D eigenvalue weighted by Crippen LogP contribution is -2.26. The van der Waals surface area contributed by atoms with Crippen LogP contribution in [0.2, 0.25) is 0 Å². The quantitative estimate of drug-likeness (QED) is 0.538. The number of hydrogen-bond donors (Lipinski definition) is 1. The molecule has 0 bridgehead atoms. The summed E-state index contributed by atoms with van der Waals surface area (Å²) in [5.41, 5.74) is 1.77. The summed E-state index contributed by atoms with van der Waals surface area (Å²) in [7, 11) is 0. The van der Waals surface area contributed by atoms with Crippen LogP contribution in [0.4, 0.5) is 4.79 Å². The average molecular weight is 147 g/mol. The smallest absolute Gasteiger partial charge is 0.440 e. The van der Waals surface area contributed by atoms with Gasteiger partial charge in [-0.1, -0.05) is 0 Å². The summed E-state index contributed by atoms with van der Waals surface area (Å²) in [5.74, 6) is -0.590. The molecule has 0 aliphatic rings. The fourth-order valence-corrected chi connectivity index (χ4v) is 0.274. The molecule has 0 radical (unpaired) electrons. The van der Waals surface area contributed by atoms with Gasteiger partial charge in [0.2, 0.25) is 0 Å². The Bertz CT molecular complexity index is 134. The van der Waals surface area contributed by atoms with Crippen LogP contribution in [0.15, 0.2) is 0 Å². The van der Waals surface area contributed by atoms with Crippen LogP contribution in [-0.4, -0.2) is 18.7 Å². The minimum Gasteiger partial charge on any atom is -0.448 e. The van der Waals surface area contributed by atoms with E-state index in [0.29, 0.717) is 0 Å². The van der Waals surface area contributed by atoms with Crippen LogP contribution in [0.3, 0.4) is 0 Å². The number of nitrogens with one attached hydrogen (secondary N) is 1. The molecule has 0 aromatic rings. The molecule has 10 heavy (non-hydrogen) atoms. The maximum atomic E-state index is 10.3. The van der Waals surface area contributed by atoms with Gasteiger partial charge in [0.25, 0.3) is 0 Å². The van der Waals surface area contributed by atoms with Gasteiger partial charge in [0.1, 0.15) is 0 Å². The summed E-state index contributed by atoms with van der Waals surface area (Å²) < 4.78 is 4.36. The Hall–Kier alpha value is -1.26. The first-order valence-electron chi connectivity index (χ1n) is 2.77. The van der Waals surface area contributed by atoms with Crippen LogP contribution in [0.5, 0.6) is 0 Å². The summed E-state index contributed by atoms with van der Waals surface area (Å²) in [5, 5.41) is 0. The van der Waals surface area contributed by atoms with Crippen molar-refractivity contribution in [1.29, 1.82) is 0 Å². The van der Waals surface area contributed by atoms with Crippen molar-refractivity contribution >= 4 is 12.1 Å². The summed E-state index contributed by atoms with van der Waals surface area (Å²) in [6.45, 7) is 3.06. The first kappa shape index (κ1) is 8.74. The van der Waals surface area contributed by atoms with Gasteiger partial charge >= 0.3 is 12.1 Å². The van der Waals surface area contributed by atoms with Crippen molar-refractivity contribution in [3.63, 3.8) is 0 Å². The predicted octanol–water partition coefficient (Wildman–Crippen LogP) is 0.211. The zero-order valence-electron chi connectivity index (χ0n) is 5.84. The Balaban J connectivity index is 3.30. The molecular formula is C5H9NO4. The summed E-state index contributed by atoms with van der Waals surface area (Å²) in [6, 6.07) is 0. The van der Waals surface area contributed by atoms with E-state index in [1.165, 1.54) is 6.92 Å². The standard InChI is InChI=1S/C5H9NO4/c1-3-9-5(8)6-10-4(2)7/h3H2,1-2H3,(H,6,8). The molecule has 58 valence electrons. The van der Waals surface area contributed by atoms with Crippen molar-refractivity contribution in [3.8, 4) is 0 Å². The van der Waals surface area contributed by atoms with E-state index in [-0.39, 0.29) is 6.61 Å². The first-order chi connectivity index (χ1) is 4.66. The van der Waals surface area contributed by atoms with Crippen molar-refractivity contribution in [2.45, 2.75) is 13.8 Å². The highest BCUT2D eigenvalue weighted by molar-refractivity contribution is 5.71. The van der Waals surface area contributed by atoms with Crippen LogP contribution in [-0.2, 0) is 14.4 Å². The number of rotatable bonds is 1. The number of hydrogen-bond acceptors (Lipinski definition) is 4. The van der Waals surface area contributed by atoms with E-state index in [1.807, 2.05) is 0 Å². The van der Waals surface area contributed by atoms with E-state index in [9.17, 15) is 9.59 Å². The molecule has 0 saturated heterocycles. The SMILES string of the molecule is CCOC(=O)NOC(C)=O. The van der Waals surface area contributed by atoms with Crippen molar-refractivity contribution in [3.05, 3.63) is 0 Å². The first-order valence-corrected chi connectivity index (χ1v) is 2.77. The average Bonchev–Trinajstić information content (AvgIpc) is 1.85. The van der Waals surface area contributed by atoms with Crippen molar-refractivity contribution < 1.29 is 19.2 Å². The van der Waals surface area contributed by atoms with Gasteiger partial charge in [-0.3, -0.25) is 4.79 Å². The number of carbonyl (C=O) groups is 2. The molecule has 0 aliphatic heterocycles. The van der Waals surface area contributed by atoms with E-state index in [4.69, 9.17) is 0 Å². The zero-order valence-corrected chi connectivity index (χ0v) is 5.84. The topological polar surface area (TPSA) is 64.6 Å². The Morgan fingerprint density at radius 1 is 1.50 bits per heavy atom. The van der Waals surface area contributed by atoms with Crippen molar-refractivity contribution in [2.75, 3.05) is 6.61 Å². The van der Waals surface area contributed by atoms with Gasteiger partial charge in [-0.05, 0) is 6.92 Å². The van der Waals surface area contributed by atoms with Gasteiger partial charge in [-0.2, -0.15) is 0 Å². The molecule has 5 heteroatoms. The second-order valence-electron chi connectivity index (χ2n) is 1.42. The summed E-state index contributed by atoms with van der Waals surface area (Å²) >= 11 is 0. The van der Waals surface area contributed by atoms with Gasteiger partial charge in [-0.15, -0.1) is 5.48 Å². The molecule has 0 heterocycles. The molecule has 0 saturated carbocycles. The maximum Gasteiger partial charge on any atom is 0.440 e. The lowest BCUT2D eigenvalue weighted by atomic mass is 10.8. The molecular weight excluding hydrogens is 138 g/mol. The number of amides is 1. The van der Waals surface area contributed by atoms with Crippen LogP contribution in [0.1, 0.15) is 13.8 Å². The number of hydroxylamine groups is 1. The Morgan fingerprint density at radius 3 is 2.50 bits per heavy atom. The molecule has 0 spiro atoms. The van der Waals surface area contributed by atoms with Gasteiger partial charge < -0.3 is 9.57 Å². The Labute approximate surface area is 58.3 Å². The lowest BCUT2D eigenvalue weighted by Gasteiger charge is -2.01. The van der Waals surface area contributed by atoms with Crippen LogP contribution < -0.4 is 5.48 Å². The largest absolute Gasteiger partial charge is 0.448 e. The van der Waals surface area contributed by atoms with Crippen LogP contribution in [0.25, 0.3) is 0 Å². The Morgan fingerprint density at radius 2 is 2.10 bits per heavy atom. The van der Waals surface area contributed by atoms with Gasteiger partial charge in [-0.25, -0.2) is 4.79 Å². The van der Waals surface area contributed by atoms with E-state index in [2.05, 4.69) is 9.57 Å². The normalized spacial score (nSPS) is 8.20. The molecule has 0 fully saturated rings. The van der Waals surface area contributed by atoms with Crippen molar-refractivity contribution in [1.82, 2.24) is 5.48 Å². The van der Waals surface area contributed by atoms with Gasteiger partial charge in [0.15, 0.2) is 0 Å². The Kier molecular flexibility index (Phi) is 4.02. The van der Waals surface area contributed by atoms with Crippen molar-refractivity contribution in [2.24, 2.45) is 0 Å². The summed E-state index contributed by atoms with van der Waals surface area (Å²) in [4.78, 5) is 24.5. The monoisotopic (exact) mass is 147 g/mol. The highest BCUT2D eigenvalue weighted by atomic mass is 16.7. The predicted molar refractivity (Wildman–Crippen MR) is 31.9 cm³/mol. The molecule has 0 unspecified atom stereocenters. The van der Waals surface area contributed by atoms with Gasteiger partial charge in [0, 0.05) is 6.92 Å². The summed E-state index contributed by atoms with van der Waals surface area (Å²) in [6.07, 6.45) is -0.766. The lowest BCUT2D eigenvalue weighted by molar-refractivity contribution is -0.146. The number of carbonyl (C=O) groups excluding carboxylic acids is 2. The third kappa shape index (κ3) is 4.89. The second-order valence-corrected chi connectivity index (χ2v) is 1.42. The molecule has 0 atom stereocenters. The van der Waals surface area contributed by atoms with Crippen LogP contribution >= 0.6 is 0 Å². The second kappa shape index (κ2) is 4.60. The fourth-order valence-electron chi connectivity index (χ4n) is 0.274. The van der Waals surface area contributed by atoms with Crippen LogP contribution in [0, 0.1) is 0 Å². The minimum absolute atomic E-state index is 0.243. The van der Waals surface area contributed by atoms with E-state index < -0.39 is 12.1 Å². The molecule has 1 amide bonds. The zero-order chi connectivity index (χ0) is 7.98. The van der Waals surface area contributed by atoms with E-state index in [1.54, 1.807) is 12.4 Å². The third-order valence-corrected chi connectivity index (χ3v) is 0.554. The molecule has 0 aliphatic carbocycles. The highest BCUT2D eigenvalue weighted by Gasteiger charge is 2.00. The fraction of sp³-hybridized carbons (Fsp3) is 0.600. The van der Waals surface area contributed by atoms with E-state index in [0.717, 1.165) is 0 Å². The highest BCUT2D eigenvalue weighted by Crippen LogP contribution is 1.76. The minimum atomic E-state index is -0.766.